The molecule has 0 fully saturated rings. The number of imidazole rings is 1. The van der Waals surface area contributed by atoms with Gasteiger partial charge in [-0.3, -0.25) is 0 Å². The molecule has 144 valence electrons. The fraction of sp³-hybridized carbons (Fsp3) is 0.636. The highest BCUT2D eigenvalue weighted by molar-refractivity contribution is 6.01. The van der Waals surface area contributed by atoms with Gasteiger partial charge in [0.15, 0.2) is 0 Å². The molecule has 0 aliphatic heterocycles. The third-order valence-electron chi connectivity index (χ3n) is 4.90. The first-order chi connectivity index (χ1) is 12.8. The van der Waals surface area contributed by atoms with Crippen LogP contribution in [0.2, 0.25) is 0 Å². The molecule has 0 unspecified atom stereocenters. The lowest BCUT2D eigenvalue weighted by Crippen LogP contribution is -2.07. The molecule has 0 saturated heterocycles. The lowest BCUT2D eigenvalue weighted by molar-refractivity contribution is 0.0500. The molecule has 0 spiro atoms. The molecule has 1 N–H and O–H groups in total. The van der Waals surface area contributed by atoms with Gasteiger partial charge in [-0.25, -0.2) is 9.78 Å². The van der Waals surface area contributed by atoms with E-state index in [0.29, 0.717) is 17.7 Å². The lowest BCUT2D eigenvalue weighted by atomic mass is 10.1. The Balaban J connectivity index is 1.46. The number of nitrogens with one attached hydrogen (secondary N) is 1. The van der Waals surface area contributed by atoms with Gasteiger partial charge in [0.2, 0.25) is 0 Å². The Hall–Kier alpha value is -1.84. The second-order valence-electron chi connectivity index (χ2n) is 7.13. The number of esters is 1. The van der Waals surface area contributed by atoms with Crippen molar-refractivity contribution in [1.82, 2.24) is 9.97 Å². The van der Waals surface area contributed by atoms with Crippen LogP contribution in [0.5, 0.6) is 0 Å². The van der Waals surface area contributed by atoms with Crippen molar-refractivity contribution in [3.05, 3.63) is 30.1 Å². The van der Waals surface area contributed by atoms with Gasteiger partial charge in [0, 0.05) is 0 Å². The Morgan fingerprint density at radius 3 is 2.19 bits per heavy atom. The molecule has 0 radical (unpaired) electrons. The van der Waals surface area contributed by atoms with Crippen molar-refractivity contribution in [1.29, 1.82) is 0 Å². The molecule has 0 saturated carbocycles. The topological polar surface area (TPSA) is 55.0 Å². The summed E-state index contributed by atoms with van der Waals surface area (Å²) in [6.45, 7) is 2.76. The van der Waals surface area contributed by atoms with Crippen LogP contribution in [0.3, 0.4) is 0 Å². The summed E-state index contributed by atoms with van der Waals surface area (Å²) in [5.74, 6) is -0.272. The van der Waals surface area contributed by atoms with Gasteiger partial charge >= 0.3 is 5.97 Å². The van der Waals surface area contributed by atoms with Gasteiger partial charge in [-0.1, -0.05) is 83.6 Å². The van der Waals surface area contributed by atoms with E-state index in [4.69, 9.17) is 4.74 Å². The zero-order chi connectivity index (χ0) is 18.5. The molecule has 4 nitrogen and oxygen atoms in total. The number of H-pyrrole nitrogens is 1. The van der Waals surface area contributed by atoms with Crippen LogP contribution >= 0.6 is 0 Å². The number of nitrogens with zero attached hydrogens (tertiary/aromatic N) is 1. The number of aromatic nitrogens is 2. The molecule has 0 atom stereocenters. The number of ether oxygens (including phenoxy) is 1. The zero-order valence-corrected chi connectivity index (χ0v) is 16.3. The average Bonchev–Trinajstić information content (AvgIpc) is 3.14. The summed E-state index contributed by atoms with van der Waals surface area (Å²) in [5, 5.41) is 0. The Bertz CT molecular complexity index is 636. The molecule has 26 heavy (non-hydrogen) atoms. The van der Waals surface area contributed by atoms with Crippen molar-refractivity contribution in [3.8, 4) is 0 Å². The summed E-state index contributed by atoms with van der Waals surface area (Å²) in [6, 6.07) is 5.53. The lowest BCUT2D eigenvalue weighted by Gasteiger charge is -2.06. The number of unbranched alkanes of at least 4 members (excludes halogenated alkanes) is 11. The Labute approximate surface area is 157 Å². The normalized spacial score (nSPS) is 11.1. The maximum atomic E-state index is 12.2. The number of rotatable bonds is 14. The van der Waals surface area contributed by atoms with Gasteiger partial charge < -0.3 is 9.72 Å². The monoisotopic (exact) mass is 358 g/mol. The Kier molecular flexibility index (Phi) is 9.84. The molecule has 1 aromatic carbocycles. The first-order valence-electron chi connectivity index (χ1n) is 10.4. The second-order valence-corrected chi connectivity index (χ2v) is 7.13. The predicted octanol–water partition coefficient (Wildman–Crippen LogP) is 6.42. The van der Waals surface area contributed by atoms with Gasteiger partial charge in [0.25, 0.3) is 0 Å². The van der Waals surface area contributed by atoms with Crippen molar-refractivity contribution in [2.24, 2.45) is 0 Å². The minimum Gasteiger partial charge on any atom is -0.462 e. The third kappa shape index (κ3) is 7.19. The summed E-state index contributed by atoms with van der Waals surface area (Å²) in [6.07, 6.45) is 17.3. The highest BCUT2D eigenvalue weighted by atomic mass is 16.5. The third-order valence-corrected chi connectivity index (χ3v) is 4.90. The van der Waals surface area contributed by atoms with E-state index in [1.165, 1.54) is 64.2 Å². The zero-order valence-electron chi connectivity index (χ0n) is 16.3. The fourth-order valence-electron chi connectivity index (χ4n) is 3.32. The SMILES string of the molecule is CCCCCCCCCCCCCCOC(=O)c1cccc2[nH]cnc12. The number of hydrogen-bond acceptors (Lipinski definition) is 3. The van der Waals surface area contributed by atoms with E-state index in [2.05, 4.69) is 16.9 Å². The van der Waals surface area contributed by atoms with Gasteiger partial charge in [-0.15, -0.1) is 0 Å². The summed E-state index contributed by atoms with van der Waals surface area (Å²) in [5.41, 5.74) is 2.10. The van der Waals surface area contributed by atoms with Gasteiger partial charge in [0.05, 0.1) is 24.0 Å². The molecule has 4 heteroatoms. The van der Waals surface area contributed by atoms with Crippen molar-refractivity contribution in [2.75, 3.05) is 6.61 Å². The summed E-state index contributed by atoms with van der Waals surface area (Å²) >= 11 is 0. The molecule has 1 heterocycles. The van der Waals surface area contributed by atoms with Crippen LogP contribution in [0.4, 0.5) is 0 Å². The summed E-state index contributed by atoms with van der Waals surface area (Å²) < 4.78 is 5.40. The number of fused-ring (bicyclic) bond motifs is 1. The number of carbonyl (C=O) groups is 1. The largest absolute Gasteiger partial charge is 0.462 e. The molecule has 0 bridgehead atoms. The van der Waals surface area contributed by atoms with Gasteiger partial charge in [0.1, 0.15) is 5.52 Å². The molecule has 2 rings (SSSR count). The number of carbonyl (C=O) groups excluding carboxylic acids is 1. The van der Waals surface area contributed by atoms with E-state index < -0.39 is 0 Å². The van der Waals surface area contributed by atoms with E-state index >= 15 is 0 Å². The van der Waals surface area contributed by atoms with E-state index in [-0.39, 0.29) is 5.97 Å². The van der Waals surface area contributed by atoms with Crippen LogP contribution in [0.15, 0.2) is 24.5 Å². The molecule has 2 aromatic rings. The average molecular weight is 359 g/mol. The van der Waals surface area contributed by atoms with Crippen LogP contribution in [0, 0.1) is 0 Å². The van der Waals surface area contributed by atoms with E-state index in [9.17, 15) is 4.79 Å². The second kappa shape index (κ2) is 12.5. The number of hydrogen-bond donors (Lipinski definition) is 1. The number of benzene rings is 1. The molecule has 0 aliphatic carbocycles. The molecular formula is C22H34N2O2. The summed E-state index contributed by atoms with van der Waals surface area (Å²) in [4.78, 5) is 19.4. The van der Waals surface area contributed by atoms with Crippen molar-refractivity contribution in [3.63, 3.8) is 0 Å². The van der Waals surface area contributed by atoms with Crippen molar-refractivity contribution in [2.45, 2.75) is 84.0 Å². The standard InChI is InChI=1S/C22H34N2O2/c1-2-3-4-5-6-7-8-9-10-11-12-13-17-26-22(25)19-15-14-16-20-21(19)24-18-23-20/h14-16,18H,2-13,17H2,1H3,(H,23,24). The minimum absolute atomic E-state index is 0.272. The first-order valence-corrected chi connectivity index (χ1v) is 10.4. The van der Waals surface area contributed by atoms with Crippen LogP contribution in [-0.4, -0.2) is 22.5 Å². The fourth-order valence-corrected chi connectivity index (χ4v) is 3.32. The molecule has 1 aromatic heterocycles. The van der Waals surface area contributed by atoms with Gasteiger partial charge in [-0.05, 0) is 18.6 Å². The van der Waals surface area contributed by atoms with E-state index in [1.807, 2.05) is 12.1 Å². The first kappa shape index (κ1) is 20.5. The molecule has 0 aliphatic rings. The van der Waals surface area contributed by atoms with Crippen LogP contribution in [0.1, 0.15) is 94.3 Å². The van der Waals surface area contributed by atoms with E-state index in [1.54, 1.807) is 12.4 Å². The smallest absolute Gasteiger partial charge is 0.340 e. The molecule has 0 amide bonds. The Morgan fingerprint density at radius 1 is 0.923 bits per heavy atom. The summed E-state index contributed by atoms with van der Waals surface area (Å²) in [7, 11) is 0. The minimum atomic E-state index is -0.272. The van der Waals surface area contributed by atoms with Crippen LogP contribution < -0.4 is 0 Å². The van der Waals surface area contributed by atoms with E-state index in [0.717, 1.165) is 18.4 Å². The van der Waals surface area contributed by atoms with Crippen LogP contribution in [0.25, 0.3) is 11.0 Å². The number of para-hydroxylation sites is 1. The van der Waals surface area contributed by atoms with Gasteiger partial charge in [-0.2, -0.15) is 0 Å². The predicted molar refractivity (Wildman–Crippen MR) is 107 cm³/mol. The maximum Gasteiger partial charge on any atom is 0.340 e. The quantitative estimate of drug-likeness (QED) is 0.313. The van der Waals surface area contributed by atoms with Crippen molar-refractivity contribution < 1.29 is 9.53 Å². The highest BCUT2D eigenvalue weighted by Gasteiger charge is 2.12. The molecular weight excluding hydrogens is 324 g/mol. The number of aromatic amines is 1. The van der Waals surface area contributed by atoms with Crippen molar-refractivity contribution >= 4 is 17.0 Å². The highest BCUT2D eigenvalue weighted by Crippen LogP contribution is 2.16. The van der Waals surface area contributed by atoms with Crippen LogP contribution in [-0.2, 0) is 4.74 Å². The Morgan fingerprint density at radius 2 is 1.54 bits per heavy atom. The maximum absolute atomic E-state index is 12.2.